The first-order valence-corrected chi connectivity index (χ1v) is 5.98. The van der Waals surface area contributed by atoms with Crippen molar-refractivity contribution in [2.24, 2.45) is 7.05 Å². The van der Waals surface area contributed by atoms with E-state index in [0.29, 0.717) is 12.0 Å². The standard InChI is InChI=1S/C12H19N5/c1-5-10(13-3)8(2)11-9-6-16-17(4)12(9)15-7-14-11/h6-8,10,13H,5H2,1-4H3. The third-order valence-electron chi connectivity index (χ3n) is 3.41. The lowest BCUT2D eigenvalue weighted by atomic mass is 9.94. The molecule has 5 nitrogen and oxygen atoms in total. The molecule has 2 rings (SSSR count). The summed E-state index contributed by atoms with van der Waals surface area (Å²) in [5.41, 5.74) is 1.97. The molecular formula is C12H19N5. The number of hydrogen-bond acceptors (Lipinski definition) is 4. The zero-order valence-electron chi connectivity index (χ0n) is 10.8. The maximum absolute atomic E-state index is 4.43. The topological polar surface area (TPSA) is 55.6 Å². The van der Waals surface area contributed by atoms with Crippen LogP contribution in [-0.4, -0.2) is 32.8 Å². The number of nitrogens with zero attached hydrogens (tertiary/aromatic N) is 4. The van der Waals surface area contributed by atoms with Crippen molar-refractivity contribution >= 4 is 11.0 Å². The number of rotatable bonds is 4. The van der Waals surface area contributed by atoms with E-state index in [-0.39, 0.29) is 0 Å². The third-order valence-corrected chi connectivity index (χ3v) is 3.41. The van der Waals surface area contributed by atoms with Crippen molar-refractivity contribution in [1.29, 1.82) is 0 Å². The van der Waals surface area contributed by atoms with E-state index in [0.717, 1.165) is 23.1 Å². The largest absolute Gasteiger partial charge is 0.316 e. The van der Waals surface area contributed by atoms with Crippen LogP contribution in [0, 0.1) is 0 Å². The summed E-state index contributed by atoms with van der Waals surface area (Å²) >= 11 is 0. The van der Waals surface area contributed by atoms with Crippen LogP contribution in [-0.2, 0) is 7.05 Å². The monoisotopic (exact) mass is 233 g/mol. The van der Waals surface area contributed by atoms with Crippen molar-refractivity contribution in [3.05, 3.63) is 18.2 Å². The van der Waals surface area contributed by atoms with E-state index in [2.05, 4.69) is 34.2 Å². The van der Waals surface area contributed by atoms with E-state index in [4.69, 9.17) is 0 Å². The SMILES string of the molecule is CCC(NC)C(C)c1ncnc2c1cnn2C. The van der Waals surface area contributed by atoms with E-state index in [1.54, 1.807) is 11.0 Å². The number of nitrogens with one attached hydrogen (secondary N) is 1. The van der Waals surface area contributed by atoms with Gasteiger partial charge in [0.2, 0.25) is 0 Å². The molecule has 0 aromatic carbocycles. The molecule has 5 heteroatoms. The molecule has 0 spiro atoms. The Morgan fingerprint density at radius 3 is 2.82 bits per heavy atom. The van der Waals surface area contributed by atoms with Gasteiger partial charge in [0.1, 0.15) is 6.33 Å². The first-order valence-electron chi connectivity index (χ1n) is 5.98. The molecule has 0 amide bonds. The van der Waals surface area contributed by atoms with Gasteiger partial charge in [-0.2, -0.15) is 5.10 Å². The van der Waals surface area contributed by atoms with Crippen LogP contribution in [0.5, 0.6) is 0 Å². The minimum atomic E-state index is 0.347. The van der Waals surface area contributed by atoms with E-state index in [1.807, 2.05) is 20.3 Å². The van der Waals surface area contributed by atoms with Crippen LogP contribution in [0.15, 0.2) is 12.5 Å². The van der Waals surface area contributed by atoms with Gasteiger partial charge in [0.25, 0.3) is 0 Å². The Balaban J connectivity index is 2.47. The predicted octanol–water partition coefficient (Wildman–Crippen LogP) is 1.46. The van der Waals surface area contributed by atoms with Gasteiger partial charge in [-0.05, 0) is 13.5 Å². The molecule has 0 aliphatic rings. The number of fused-ring (bicyclic) bond motifs is 1. The van der Waals surface area contributed by atoms with Crippen LogP contribution < -0.4 is 5.32 Å². The van der Waals surface area contributed by atoms with Crippen molar-refractivity contribution < 1.29 is 0 Å². The molecular weight excluding hydrogens is 214 g/mol. The fraction of sp³-hybridized carbons (Fsp3) is 0.583. The highest BCUT2D eigenvalue weighted by Gasteiger charge is 2.20. The second kappa shape index (κ2) is 4.79. The van der Waals surface area contributed by atoms with Crippen LogP contribution in [0.1, 0.15) is 31.9 Å². The zero-order valence-corrected chi connectivity index (χ0v) is 10.8. The molecule has 0 aliphatic carbocycles. The normalized spacial score (nSPS) is 15.1. The first-order chi connectivity index (χ1) is 8.19. The molecule has 0 saturated heterocycles. The highest BCUT2D eigenvalue weighted by atomic mass is 15.3. The summed E-state index contributed by atoms with van der Waals surface area (Å²) in [7, 11) is 3.89. The number of aromatic nitrogens is 4. The van der Waals surface area contributed by atoms with E-state index < -0.39 is 0 Å². The Hall–Kier alpha value is -1.49. The Bertz CT molecular complexity index is 501. The molecule has 0 aliphatic heterocycles. The average Bonchev–Trinajstić information content (AvgIpc) is 2.73. The second-order valence-corrected chi connectivity index (χ2v) is 4.36. The number of hydrogen-bond donors (Lipinski definition) is 1. The average molecular weight is 233 g/mol. The van der Waals surface area contributed by atoms with Crippen LogP contribution in [0.2, 0.25) is 0 Å². The van der Waals surface area contributed by atoms with Crippen molar-refractivity contribution in [2.75, 3.05) is 7.05 Å². The summed E-state index contributed by atoms with van der Waals surface area (Å²) in [5, 5.41) is 8.63. The molecule has 1 N–H and O–H groups in total. The molecule has 2 aromatic rings. The van der Waals surface area contributed by atoms with Gasteiger partial charge in [-0.1, -0.05) is 13.8 Å². The molecule has 2 atom stereocenters. The highest BCUT2D eigenvalue weighted by molar-refractivity contribution is 5.77. The summed E-state index contributed by atoms with van der Waals surface area (Å²) in [4.78, 5) is 8.70. The zero-order chi connectivity index (χ0) is 12.4. The molecule has 0 bridgehead atoms. The Morgan fingerprint density at radius 2 is 2.18 bits per heavy atom. The van der Waals surface area contributed by atoms with Gasteiger partial charge in [-0.3, -0.25) is 4.68 Å². The first kappa shape index (κ1) is 12.0. The predicted molar refractivity (Wildman–Crippen MR) is 67.9 cm³/mol. The van der Waals surface area contributed by atoms with Gasteiger partial charge < -0.3 is 5.32 Å². The summed E-state index contributed by atoms with van der Waals surface area (Å²) in [6, 6.07) is 0.424. The minimum Gasteiger partial charge on any atom is -0.316 e. The maximum atomic E-state index is 4.43. The lowest BCUT2D eigenvalue weighted by molar-refractivity contribution is 0.467. The fourth-order valence-corrected chi connectivity index (χ4v) is 2.34. The molecule has 2 aromatic heterocycles. The van der Waals surface area contributed by atoms with Crippen LogP contribution in [0.3, 0.4) is 0 Å². The molecule has 17 heavy (non-hydrogen) atoms. The fourth-order valence-electron chi connectivity index (χ4n) is 2.34. The van der Waals surface area contributed by atoms with Gasteiger partial charge in [-0.15, -0.1) is 0 Å². The lowest BCUT2D eigenvalue weighted by Crippen LogP contribution is -2.30. The van der Waals surface area contributed by atoms with Gasteiger partial charge in [0.05, 0.1) is 17.3 Å². The van der Waals surface area contributed by atoms with Crippen molar-refractivity contribution in [1.82, 2.24) is 25.1 Å². The quantitative estimate of drug-likeness (QED) is 0.868. The molecule has 0 saturated carbocycles. The lowest BCUT2D eigenvalue weighted by Gasteiger charge is -2.21. The third kappa shape index (κ3) is 2.02. The summed E-state index contributed by atoms with van der Waals surface area (Å²) in [5.74, 6) is 0.347. The summed E-state index contributed by atoms with van der Waals surface area (Å²) in [6.45, 7) is 4.37. The minimum absolute atomic E-state index is 0.347. The highest BCUT2D eigenvalue weighted by Crippen LogP contribution is 2.25. The molecule has 2 unspecified atom stereocenters. The van der Waals surface area contributed by atoms with Crippen LogP contribution in [0.4, 0.5) is 0 Å². The molecule has 0 radical (unpaired) electrons. The number of aryl methyl sites for hydroxylation is 1. The second-order valence-electron chi connectivity index (χ2n) is 4.36. The van der Waals surface area contributed by atoms with Crippen molar-refractivity contribution in [3.63, 3.8) is 0 Å². The molecule has 92 valence electrons. The van der Waals surface area contributed by atoms with Gasteiger partial charge >= 0.3 is 0 Å². The Labute approximate surface area is 101 Å². The smallest absolute Gasteiger partial charge is 0.161 e. The van der Waals surface area contributed by atoms with Gasteiger partial charge in [0.15, 0.2) is 5.65 Å². The van der Waals surface area contributed by atoms with Crippen molar-refractivity contribution in [3.8, 4) is 0 Å². The number of likely N-dealkylation sites (N-methyl/N-ethyl adjacent to an activating group) is 1. The van der Waals surface area contributed by atoms with E-state index >= 15 is 0 Å². The van der Waals surface area contributed by atoms with Gasteiger partial charge in [0, 0.05) is 19.0 Å². The van der Waals surface area contributed by atoms with Crippen molar-refractivity contribution in [2.45, 2.75) is 32.2 Å². The Morgan fingerprint density at radius 1 is 1.41 bits per heavy atom. The Kier molecular flexibility index (Phi) is 3.38. The molecule has 0 fully saturated rings. The van der Waals surface area contributed by atoms with Crippen LogP contribution in [0.25, 0.3) is 11.0 Å². The molecule has 2 heterocycles. The maximum Gasteiger partial charge on any atom is 0.161 e. The van der Waals surface area contributed by atoms with E-state index in [9.17, 15) is 0 Å². The van der Waals surface area contributed by atoms with Crippen LogP contribution >= 0.6 is 0 Å². The van der Waals surface area contributed by atoms with Gasteiger partial charge in [-0.25, -0.2) is 9.97 Å². The summed E-state index contributed by atoms with van der Waals surface area (Å²) in [6.07, 6.45) is 4.55. The summed E-state index contributed by atoms with van der Waals surface area (Å²) < 4.78 is 1.79. The van der Waals surface area contributed by atoms with E-state index in [1.165, 1.54) is 0 Å².